The molecule has 0 aliphatic rings. The molecular formula is C12H17BrN2O2S. The van der Waals surface area contributed by atoms with Crippen molar-refractivity contribution in [3.05, 3.63) is 28.2 Å². The van der Waals surface area contributed by atoms with Crippen LogP contribution in [0.5, 0.6) is 0 Å². The lowest BCUT2D eigenvalue weighted by atomic mass is 10.1. The van der Waals surface area contributed by atoms with E-state index in [1.54, 1.807) is 7.11 Å². The molecule has 0 aliphatic heterocycles. The molecule has 0 aromatic heterocycles. The Hall–Kier alpha value is -0.690. The Balaban J connectivity index is 2.93. The Morgan fingerprint density at radius 3 is 2.83 bits per heavy atom. The Morgan fingerprint density at radius 1 is 1.61 bits per heavy atom. The number of benzene rings is 1. The molecule has 0 bridgehead atoms. The molecule has 100 valence electrons. The molecule has 4 nitrogen and oxygen atoms in total. The first-order valence-corrected chi connectivity index (χ1v) is 6.63. The van der Waals surface area contributed by atoms with Crippen LogP contribution in [0.1, 0.15) is 5.56 Å². The minimum atomic E-state index is -0.557. The highest BCUT2D eigenvalue weighted by Crippen LogP contribution is 2.24. The van der Waals surface area contributed by atoms with Gasteiger partial charge < -0.3 is 20.5 Å². The zero-order valence-corrected chi connectivity index (χ0v) is 12.8. The largest absolute Gasteiger partial charge is 0.389 e. The molecule has 0 fully saturated rings. The Bertz CT molecular complexity index is 429. The molecule has 1 rings (SSSR count). The molecule has 1 aromatic rings. The summed E-state index contributed by atoms with van der Waals surface area (Å²) in [4.78, 5) is 2.24. The fourth-order valence-electron chi connectivity index (χ4n) is 1.69. The molecule has 0 aliphatic carbocycles. The van der Waals surface area contributed by atoms with Crippen LogP contribution in [0.15, 0.2) is 22.7 Å². The first kappa shape index (κ1) is 15.4. The van der Waals surface area contributed by atoms with Crippen LogP contribution in [0, 0.1) is 0 Å². The summed E-state index contributed by atoms with van der Waals surface area (Å²) in [6.07, 6.45) is -0.557. The van der Waals surface area contributed by atoms with Crippen molar-refractivity contribution in [2.24, 2.45) is 5.73 Å². The number of rotatable bonds is 6. The number of aliphatic hydroxyl groups excluding tert-OH is 1. The Kier molecular flexibility index (Phi) is 6.01. The summed E-state index contributed by atoms with van der Waals surface area (Å²) >= 11 is 8.44. The summed E-state index contributed by atoms with van der Waals surface area (Å²) in [5.41, 5.74) is 7.37. The average Bonchev–Trinajstić information content (AvgIpc) is 2.28. The van der Waals surface area contributed by atoms with Crippen LogP contribution in [-0.2, 0) is 4.74 Å². The molecular weight excluding hydrogens is 316 g/mol. The predicted molar refractivity (Wildman–Crippen MR) is 81.2 cm³/mol. The predicted octanol–water partition coefficient (Wildman–Crippen LogP) is 1.53. The van der Waals surface area contributed by atoms with Crippen molar-refractivity contribution in [2.45, 2.75) is 6.10 Å². The van der Waals surface area contributed by atoms with Crippen molar-refractivity contribution in [3.63, 3.8) is 0 Å². The van der Waals surface area contributed by atoms with Gasteiger partial charge in [-0.2, -0.15) is 0 Å². The van der Waals surface area contributed by atoms with E-state index >= 15 is 0 Å². The lowest BCUT2D eigenvalue weighted by Gasteiger charge is -2.24. The number of anilines is 1. The summed E-state index contributed by atoms with van der Waals surface area (Å²) in [6.45, 7) is 0.737. The van der Waals surface area contributed by atoms with E-state index < -0.39 is 6.10 Å². The number of ether oxygens (including phenoxy) is 1. The molecule has 3 N–H and O–H groups in total. The topological polar surface area (TPSA) is 58.7 Å². The van der Waals surface area contributed by atoms with E-state index in [4.69, 9.17) is 22.7 Å². The second-order valence-corrected chi connectivity index (χ2v) is 5.37. The van der Waals surface area contributed by atoms with Gasteiger partial charge in [0.1, 0.15) is 4.99 Å². The summed E-state index contributed by atoms with van der Waals surface area (Å²) in [7, 11) is 3.44. The Labute approximate surface area is 121 Å². The van der Waals surface area contributed by atoms with E-state index in [1.807, 2.05) is 30.1 Å². The van der Waals surface area contributed by atoms with E-state index in [0.717, 1.165) is 15.7 Å². The van der Waals surface area contributed by atoms with Crippen LogP contribution in [-0.4, -0.2) is 43.5 Å². The normalized spacial score (nSPS) is 12.2. The lowest BCUT2D eigenvalue weighted by molar-refractivity contribution is 0.0695. The van der Waals surface area contributed by atoms with E-state index in [-0.39, 0.29) is 0 Å². The van der Waals surface area contributed by atoms with Crippen LogP contribution in [0.4, 0.5) is 5.69 Å². The van der Waals surface area contributed by atoms with Gasteiger partial charge in [0.25, 0.3) is 0 Å². The minimum absolute atomic E-state index is 0.292. The van der Waals surface area contributed by atoms with Gasteiger partial charge in [-0.05, 0) is 18.2 Å². The summed E-state index contributed by atoms with van der Waals surface area (Å²) in [5.74, 6) is 0. The SMILES string of the molecule is COCC(O)CN(C)c1cc(Br)ccc1C(N)=S. The smallest absolute Gasteiger partial charge is 0.106 e. The van der Waals surface area contributed by atoms with Gasteiger partial charge in [-0.15, -0.1) is 0 Å². The maximum atomic E-state index is 9.74. The van der Waals surface area contributed by atoms with Gasteiger partial charge >= 0.3 is 0 Å². The molecule has 1 unspecified atom stereocenters. The van der Waals surface area contributed by atoms with Gasteiger partial charge in [0.15, 0.2) is 0 Å². The molecule has 6 heteroatoms. The summed E-state index contributed by atoms with van der Waals surface area (Å²) in [5, 5.41) is 9.74. The third-order valence-electron chi connectivity index (χ3n) is 2.48. The zero-order valence-electron chi connectivity index (χ0n) is 10.4. The van der Waals surface area contributed by atoms with Gasteiger partial charge in [-0.25, -0.2) is 0 Å². The molecule has 0 saturated carbocycles. The number of nitrogens with zero attached hydrogens (tertiary/aromatic N) is 1. The number of aliphatic hydroxyl groups is 1. The first-order chi connectivity index (χ1) is 8.45. The van der Waals surface area contributed by atoms with E-state index in [9.17, 15) is 5.11 Å². The number of likely N-dealkylation sites (N-methyl/N-ethyl adjacent to an activating group) is 1. The third-order valence-corrected chi connectivity index (χ3v) is 3.19. The fraction of sp³-hybridized carbons (Fsp3) is 0.417. The highest BCUT2D eigenvalue weighted by Gasteiger charge is 2.13. The molecule has 0 saturated heterocycles. The van der Waals surface area contributed by atoms with E-state index in [2.05, 4.69) is 15.9 Å². The number of hydrogen-bond donors (Lipinski definition) is 2. The van der Waals surface area contributed by atoms with Crippen molar-refractivity contribution < 1.29 is 9.84 Å². The monoisotopic (exact) mass is 332 g/mol. The van der Waals surface area contributed by atoms with Gasteiger partial charge in [-0.3, -0.25) is 0 Å². The standard InChI is InChI=1S/C12H17BrN2O2S/c1-15(6-9(16)7-17-2)11-5-8(13)3-4-10(11)12(14)18/h3-5,9,16H,6-7H2,1-2H3,(H2,14,18). The molecule has 0 amide bonds. The molecule has 1 aromatic carbocycles. The number of methoxy groups -OCH3 is 1. The van der Waals surface area contributed by atoms with Crippen molar-refractivity contribution in [3.8, 4) is 0 Å². The number of hydrogen-bond acceptors (Lipinski definition) is 4. The average molecular weight is 333 g/mol. The molecule has 0 radical (unpaired) electrons. The van der Waals surface area contributed by atoms with E-state index in [1.165, 1.54) is 0 Å². The van der Waals surface area contributed by atoms with E-state index in [0.29, 0.717) is 18.1 Å². The first-order valence-electron chi connectivity index (χ1n) is 5.43. The highest BCUT2D eigenvalue weighted by atomic mass is 79.9. The molecule has 1 atom stereocenters. The van der Waals surface area contributed by atoms with Crippen molar-refractivity contribution >= 4 is 38.8 Å². The molecule has 18 heavy (non-hydrogen) atoms. The van der Waals surface area contributed by atoms with Crippen molar-refractivity contribution in [1.82, 2.24) is 0 Å². The zero-order chi connectivity index (χ0) is 13.7. The van der Waals surface area contributed by atoms with Gasteiger partial charge in [0.2, 0.25) is 0 Å². The quantitative estimate of drug-likeness (QED) is 0.773. The van der Waals surface area contributed by atoms with Gasteiger partial charge in [-0.1, -0.05) is 28.1 Å². The van der Waals surface area contributed by atoms with Crippen molar-refractivity contribution in [2.75, 3.05) is 32.2 Å². The minimum Gasteiger partial charge on any atom is -0.389 e. The van der Waals surface area contributed by atoms with Crippen LogP contribution >= 0.6 is 28.1 Å². The number of halogens is 1. The maximum Gasteiger partial charge on any atom is 0.106 e. The second kappa shape index (κ2) is 7.04. The molecule has 0 spiro atoms. The van der Waals surface area contributed by atoms with Crippen LogP contribution in [0.25, 0.3) is 0 Å². The molecule has 0 heterocycles. The number of thiocarbonyl (C=S) groups is 1. The lowest BCUT2D eigenvalue weighted by Crippen LogP contribution is -2.33. The van der Waals surface area contributed by atoms with Gasteiger partial charge in [0, 0.05) is 36.4 Å². The second-order valence-electron chi connectivity index (χ2n) is 4.02. The van der Waals surface area contributed by atoms with Crippen LogP contribution in [0.3, 0.4) is 0 Å². The van der Waals surface area contributed by atoms with Crippen LogP contribution < -0.4 is 10.6 Å². The highest BCUT2D eigenvalue weighted by molar-refractivity contribution is 9.10. The van der Waals surface area contributed by atoms with Gasteiger partial charge in [0.05, 0.1) is 12.7 Å². The number of nitrogens with two attached hydrogens (primary N) is 1. The van der Waals surface area contributed by atoms with Crippen molar-refractivity contribution in [1.29, 1.82) is 0 Å². The third kappa shape index (κ3) is 4.20. The summed E-state index contributed by atoms with van der Waals surface area (Å²) < 4.78 is 5.84. The van der Waals surface area contributed by atoms with Crippen LogP contribution in [0.2, 0.25) is 0 Å². The maximum absolute atomic E-state index is 9.74. The summed E-state index contributed by atoms with van der Waals surface area (Å²) in [6, 6.07) is 5.67. The Morgan fingerprint density at radius 2 is 2.28 bits per heavy atom. The fourth-order valence-corrected chi connectivity index (χ4v) is 2.21.